The minimum absolute atomic E-state index is 0.0566. The molecule has 3 nitrogen and oxygen atoms in total. The van der Waals surface area contributed by atoms with E-state index in [0.717, 1.165) is 15.6 Å². The fraction of sp³-hybridized carbons (Fsp3) is 0.154. The number of hydrogen-bond acceptors (Lipinski definition) is 3. The summed E-state index contributed by atoms with van der Waals surface area (Å²) in [6.07, 6.45) is 7.07. The highest BCUT2D eigenvalue weighted by Crippen LogP contribution is 2.12. The zero-order chi connectivity index (χ0) is 12.3. The molecular weight excluding hydrogens is 280 g/mol. The van der Waals surface area contributed by atoms with Gasteiger partial charge in [-0.25, -0.2) is 0 Å². The molecule has 2 aromatic heterocycles. The third kappa shape index (κ3) is 3.20. The van der Waals surface area contributed by atoms with Crippen molar-refractivity contribution in [3.63, 3.8) is 0 Å². The smallest absolute Gasteiger partial charge is 0.168 e. The monoisotopic (exact) mass is 290 g/mol. The van der Waals surface area contributed by atoms with Crippen LogP contribution in [-0.2, 0) is 6.42 Å². The maximum Gasteiger partial charge on any atom is 0.168 e. The number of Topliss-reactive ketones (excluding diaryl/α,β-unsaturated/α-hetero) is 1. The van der Waals surface area contributed by atoms with Crippen molar-refractivity contribution in [2.45, 2.75) is 13.3 Å². The molecule has 0 unspecified atom stereocenters. The molecule has 2 rings (SSSR count). The van der Waals surface area contributed by atoms with E-state index in [-0.39, 0.29) is 5.78 Å². The minimum Gasteiger partial charge on any atom is -0.294 e. The molecule has 17 heavy (non-hydrogen) atoms. The van der Waals surface area contributed by atoms with E-state index in [9.17, 15) is 4.79 Å². The molecule has 0 saturated heterocycles. The third-order valence-electron chi connectivity index (χ3n) is 2.32. The summed E-state index contributed by atoms with van der Waals surface area (Å²) >= 11 is 3.33. The molecule has 2 aromatic rings. The zero-order valence-corrected chi connectivity index (χ0v) is 10.9. The van der Waals surface area contributed by atoms with Gasteiger partial charge in [-0.3, -0.25) is 14.8 Å². The number of rotatable bonds is 3. The number of ketones is 1. The Balaban J connectivity index is 2.17. The van der Waals surface area contributed by atoms with Crippen molar-refractivity contribution < 1.29 is 4.79 Å². The molecular formula is C13H11BrN2O. The van der Waals surface area contributed by atoms with Crippen LogP contribution in [0.2, 0.25) is 0 Å². The van der Waals surface area contributed by atoms with Crippen LogP contribution in [0.4, 0.5) is 0 Å². The van der Waals surface area contributed by atoms with E-state index in [0.29, 0.717) is 12.0 Å². The van der Waals surface area contributed by atoms with Crippen molar-refractivity contribution in [3.8, 4) is 0 Å². The number of nitrogens with zero attached hydrogens (tertiary/aromatic N) is 2. The molecule has 0 aromatic carbocycles. The lowest BCUT2D eigenvalue weighted by Gasteiger charge is -2.02. The van der Waals surface area contributed by atoms with Crippen LogP contribution in [0.15, 0.2) is 41.4 Å². The highest BCUT2D eigenvalue weighted by molar-refractivity contribution is 9.10. The lowest BCUT2D eigenvalue weighted by Crippen LogP contribution is -2.04. The quantitative estimate of drug-likeness (QED) is 0.816. The highest BCUT2D eigenvalue weighted by atomic mass is 79.9. The molecule has 2 heterocycles. The van der Waals surface area contributed by atoms with Gasteiger partial charge in [0.15, 0.2) is 5.78 Å². The van der Waals surface area contributed by atoms with Gasteiger partial charge < -0.3 is 0 Å². The van der Waals surface area contributed by atoms with Gasteiger partial charge in [-0.05, 0) is 46.1 Å². The van der Waals surface area contributed by atoms with Crippen LogP contribution in [0, 0.1) is 6.92 Å². The second-order valence-electron chi connectivity index (χ2n) is 3.86. The lowest BCUT2D eigenvalue weighted by atomic mass is 10.1. The first-order valence-corrected chi connectivity index (χ1v) is 5.99. The average Bonchev–Trinajstić information content (AvgIpc) is 2.29. The topological polar surface area (TPSA) is 42.9 Å². The molecule has 0 aliphatic carbocycles. The normalized spacial score (nSPS) is 10.2. The number of carbonyl (C=O) groups excluding carboxylic acids is 1. The van der Waals surface area contributed by atoms with Crippen molar-refractivity contribution in [2.24, 2.45) is 0 Å². The number of aryl methyl sites for hydroxylation is 1. The van der Waals surface area contributed by atoms with Gasteiger partial charge in [0.2, 0.25) is 0 Å². The van der Waals surface area contributed by atoms with Crippen molar-refractivity contribution >= 4 is 21.7 Å². The molecule has 0 radical (unpaired) electrons. The van der Waals surface area contributed by atoms with Crippen LogP contribution in [0.25, 0.3) is 0 Å². The number of pyridine rings is 2. The van der Waals surface area contributed by atoms with Gasteiger partial charge >= 0.3 is 0 Å². The van der Waals surface area contributed by atoms with Crippen LogP contribution >= 0.6 is 15.9 Å². The Labute approximate surface area is 108 Å². The van der Waals surface area contributed by atoms with E-state index in [4.69, 9.17) is 0 Å². The van der Waals surface area contributed by atoms with Gasteiger partial charge in [-0.15, -0.1) is 0 Å². The van der Waals surface area contributed by atoms with Crippen molar-refractivity contribution in [1.82, 2.24) is 9.97 Å². The highest BCUT2D eigenvalue weighted by Gasteiger charge is 2.08. The first kappa shape index (κ1) is 11.9. The fourth-order valence-corrected chi connectivity index (χ4v) is 1.96. The Morgan fingerprint density at radius 3 is 2.65 bits per heavy atom. The molecule has 0 fully saturated rings. The largest absolute Gasteiger partial charge is 0.294 e. The molecule has 0 bridgehead atoms. The molecule has 0 atom stereocenters. The molecule has 0 aliphatic heterocycles. The summed E-state index contributed by atoms with van der Waals surface area (Å²) in [7, 11) is 0. The molecule has 86 valence electrons. The van der Waals surface area contributed by atoms with E-state index in [1.54, 1.807) is 24.8 Å². The summed E-state index contributed by atoms with van der Waals surface area (Å²) in [5.41, 5.74) is 2.53. The maximum atomic E-state index is 12.0. The van der Waals surface area contributed by atoms with E-state index in [1.807, 2.05) is 19.1 Å². The molecule has 0 amide bonds. The summed E-state index contributed by atoms with van der Waals surface area (Å²) in [6, 6.07) is 3.74. The molecule has 0 spiro atoms. The number of hydrogen-bond donors (Lipinski definition) is 0. The second kappa shape index (κ2) is 5.19. The Bertz CT molecular complexity index is 555. The summed E-state index contributed by atoms with van der Waals surface area (Å²) in [6.45, 7) is 1.92. The first-order chi connectivity index (χ1) is 8.15. The summed E-state index contributed by atoms with van der Waals surface area (Å²) in [5.74, 6) is 0.0566. The van der Waals surface area contributed by atoms with Gasteiger partial charge in [0, 0.05) is 41.2 Å². The van der Waals surface area contributed by atoms with Crippen molar-refractivity contribution in [1.29, 1.82) is 0 Å². The lowest BCUT2D eigenvalue weighted by molar-refractivity contribution is 0.0992. The third-order valence-corrected chi connectivity index (χ3v) is 2.76. The molecule has 0 aliphatic rings. The Hall–Kier alpha value is -1.55. The number of halogens is 1. The van der Waals surface area contributed by atoms with Gasteiger partial charge in [0.05, 0.1) is 0 Å². The summed E-state index contributed by atoms with van der Waals surface area (Å²) in [4.78, 5) is 20.0. The van der Waals surface area contributed by atoms with Crippen LogP contribution < -0.4 is 0 Å². The Kier molecular flexibility index (Phi) is 3.64. The van der Waals surface area contributed by atoms with Gasteiger partial charge in [-0.1, -0.05) is 0 Å². The van der Waals surface area contributed by atoms with Crippen molar-refractivity contribution in [3.05, 3.63) is 58.1 Å². The fourth-order valence-electron chi connectivity index (χ4n) is 1.55. The first-order valence-electron chi connectivity index (χ1n) is 5.19. The second-order valence-corrected chi connectivity index (χ2v) is 4.78. The van der Waals surface area contributed by atoms with E-state index < -0.39 is 0 Å². The molecule has 0 saturated carbocycles. The Morgan fingerprint density at radius 2 is 1.94 bits per heavy atom. The zero-order valence-electron chi connectivity index (χ0n) is 9.35. The Morgan fingerprint density at radius 1 is 1.18 bits per heavy atom. The summed E-state index contributed by atoms with van der Waals surface area (Å²) in [5, 5.41) is 0. The van der Waals surface area contributed by atoms with E-state index in [2.05, 4.69) is 25.9 Å². The number of aromatic nitrogens is 2. The van der Waals surface area contributed by atoms with Crippen LogP contribution in [0.1, 0.15) is 21.5 Å². The average molecular weight is 291 g/mol. The van der Waals surface area contributed by atoms with Gasteiger partial charge in [0.25, 0.3) is 0 Å². The maximum absolute atomic E-state index is 12.0. The predicted octanol–water partition coefficient (Wildman–Crippen LogP) is 2.97. The number of carbonyl (C=O) groups is 1. The molecule has 0 N–H and O–H groups in total. The van der Waals surface area contributed by atoms with Gasteiger partial charge in [0.1, 0.15) is 0 Å². The van der Waals surface area contributed by atoms with Crippen LogP contribution in [0.5, 0.6) is 0 Å². The van der Waals surface area contributed by atoms with Crippen LogP contribution in [-0.4, -0.2) is 15.8 Å². The minimum atomic E-state index is 0.0566. The predicted molar refractivity (Wildman–Crippen MR) is 68.9 cm³/mol. The summed E-state index contributed by atoms with van der Waals surface area (Å²) < 4.78 is 0.880. The van der Waals surface area contributed by atoms with E-state index >= 15 is 0 Å². The van der Waals surface area contributed by atoms with Crippen LogP contribution in [0.3, 0.4) is 0 Å². The molecule has 4 heteroatoms. The SMILES string of the molecule is Cc1cncc(C(=O)Cc2cncc(Br)c2)c1. The van der Waals surface area contributed by atoms with E-state index in [1.165, 1.54) is 0 Å². The standard InChI is InChI=1S/C13H11BrN2O/c1-9-2-11(7-15-5-9)13(17)4-10-3-12(14)8-16-6-10/h2-3,5-8H,4H2,1H3. The van der Waals surface area contributed by atoms with Gasteiger partial charge in [-0.2, -0.15) is 0 Å². The van der Waals surface area contributed by atoms with Crippen molar-refractivity contribution in [2.75, 3.05) is 0 Å².